The Morgan fingerprint density at radius 2 is 1.80 bits per heavy atom. The predicted molar refractivity (Wildman–Crippen MR) is 70.6 cm³/mol. The van der Waals surface area contributed by atoms with E-state index in [0.717, 1.165) is 31.1 Å². The van der Waals surface area contributed by atoms with Crippen molar-refractivity contribution in [3.8, 4) is 0 Å². The first-order chi connectivity index (χ1) is 6.94. The second-order valence-electron chi connectivity index (χ2n) is 4.59. The minimum Gasteiger partial charge on any atom is -0.389 e. The molecule has 0 heterocycles. The molecule has 0 saturated heterocycles. The lowest BCUT2D eigenvalue weighted by molar-refractivity contribution is 0.0376. The van der Waals surface area contributed by atoms with Crippen LogP contribution in [0.2, 0.25) is 0 Å². The van der Waals surface area contributed by atoms with Crippen molar-refractivity contribution in [3.63, 3.8) is 0 Å². The number of nitrogens with zero attached hydrogens (tertiary/aromatic N) is 1. The van der Waals surface area contributed by atoms with E-state index in [1.54, 1.807) is 0 Å². The molecule has 0 aromatic heterocycles. The summed E-state index contributed by atoms with van der Waals surface area (Å²) >= 11 is 1.86. The molecule has 1 atom stereocenters. The number of hydrogen-bond donors (Lipinski definition) is 1. The zero-order chi connectivity index (χ0) is 11.9. The summed E-state index contributed by atoms with van der Waals surface area (Å²) in [6, 6.07) is 0. The van der Waals surface area contributed by atoms with Crippen LogP contribution < -0.4 is 0 Å². The van der Waals surface area contributed by atoms with Crippen molar-refractivity contribution in [3.05, 3.63) is 0 Å². The van der Waals surface area contributed by atoms with E-state index in [1.807, 2.05) is 18.7 Å². The fourth-order valence-electron chi connectivity index (χ4n) is 1.18. The molecule has 3 heteroatoms. The maximum absolute atomic E-state index is 10.0. The predicted octanol–water partition coefficient (Wildman–Crippen LogP) is 2.47. The van der Waals surface area contributed by atoms with Gasteiger partial charge in [-0.05, 0) is 25.9 Å². The van der Waals surface area contributed by atoms with E-state index in [9.17, 15) is 5.11 Å². The van der Waals surface area contributed by atoms with Crippen LogP contribution in [0.4, 0.5) is 0 Å². The molecular formula is C12H27NOS. The summed E-state index contributed by atoms with van der Waals surface area (Å²) in [4.78, 5) is 2.41. The standard InChI is InChI=1S/C12H27NOS/c1-6-13(7-2)8-9-15-10-12(5,14)11(3)4/h11,14H,6-10H2,1-5H3. The van der Waals surface area contributed by atoms with Crippen molar-refractivity contribution in [2.24, 2.45) is 5.92 Å². The first kappa shape index (κ1) is 15.3. The van der Waals surface area contributed by atoms with Crippen molar-refractivity contribution in [2.75, 3.05) is 31.1 Å². The lowest BCUT2D eigenvalue weighted by Gasteiger charge is -2.27. The van der Waals surface area contributed by atoms with Crippen LogP contribution in [0.15, 0.2) is 0 Å². The summed E-state index contributed by atoms with van der Waals surface area (Å²) in [5.41, 5.74) is -0.520. The second kappa shape index (κ2) is 7.53. The maximum Gasteiger partial charge on any atom is 0.0732 e. The molecule has 0 rings (SSSR count). The first-order valence-corrected chi connectivity index (χ1v) is 7.12. The average molecular weight is 233 g/mol. The summed E-state index contributed by atoms with van der Waals surface area (Å²) in [6.07, 6.45) is 0. The quantitative estimate of drug-likeness (QED) is 0.652. The van der Waals surface area contributed by atoms with Gasteiger partial charge in [0.05, 0.1) is 5.60 Å². The maximum atomic E-state index is 10.0. The highest BCUT2D eigenvalue weighted by Gasteiger charge is 2.24. The SMILES string of the molecule is CCN(CC)CCSCC(C)(O)C(C)C. The molecule has 0 bridgehead atoms. The van der Waals surface area contributed by atoms with Crippen molar-refractivity contribution >= 4 is 11.8 Å². The van der Waals surface area contributed by atoms with Gasteiger partial charge < -0.3 is 10.0 Å². The lowest BCUT2D eigenvalue weighted by atomic mass is 9.95. The highest BCUT2D eigenvalue weighted by atomic mass is 32.2. The Bertz CT molecular complexity index is 156. The van der Waals surface area contributed by atoms with Gasteiger partial charge in [-0.15, -0.1) is 0 Å². The molecule has 0 radical (unpaired) electrons. The van der Waals surface area contributed by atoms with Gasteiger partial charge in [-0.1, -0.05) is 27.7 Å². The molecule has 2 nitrogen and oxygen atoms in total. The Kier molecular flexibility index (Phi) is 7.66. The molecule has 0 aliphatic rings. The summed E-state index contributed by atoms with van der Waals surface area (Å²) < 4.78 is 0. The number of rotatable bonds is 8. The van der Waals surface area contributed by atoms with Crippen LogP contribution in [0.5, 0.6) is 0 Å². The topological polar surface area (TPSA) is 23.5 Å². The largest absolute Gasteiger partial charge is 0.389 e. The normalized spacial score (nSPS) is 16.0. The van der Waals surface area contributed by atoms with Crippen LogP contribution in [0.25, 0.3) is 0 Å². The van der Waals surface area contributed by atoms with Gasteiger partial charge in [-0.2, -0.15) is 11.8 Å². The molecule has 0 aromatic rings. The van der Waals surface area contributed by atoms with Crippen molar-refractivity contribution in [2.45, 2.75) is 40.2 Å². The molecule has 0 fully saturated rings. The third-order valence-corrected chi connectivity index (χ3v) is 4.34. The Balaban J connectivity index is 3.62. The average Bonchev–Trinajstić information content (AvgIpc) is 2.18. The molecule has 0 amide bonds. The van der Waals surface area contributed by atoms with Crippen molar-refractivity contribution < 1.29 is 5.11 Å². The van der Waals surface area contributed by atoms with E-state index >= 15 is 0 Å². The summed E-state index contributed by atoms with van der Waals surface area (Å²) in [5.74, 6) is 2.29. The molecule has 1 unspecified atom stereocenters. The van der Waals surface area contributed by atoms with E-state index in [0.29, 0.717) is 5.92 Å². The Labute approximate surface area is 99.4 Å². The third kappa shape index (κ3) is 6.44. The Morgan fingerprint density at radius 3 is 2.20 bits per heavy atom. The van der Waals surface area contributed by atoms with Gasteiger partial charge in [0.1, 0.15) is 0 Å². The zero-order valence-electron chi connectivity index (χ0n) is 10.9. The van der Waals surface area contributed by atoms with Crippen LogP contribution in [-0.4, -0.2) is 46.7 Å². The zero-order valence-corrected chi connectivity index (χ0v) is 11.7. The Hall–Kier alpha value is 0.270. The van der Waals surface area contributed by atoms with Gasteiger partial charge >= 0.3 is 0 Å². The molecule has 92 valence electrons. The van der Waals surface area contributed by atoms with Gasteiger partial charge in [0.15, 0.2) is 0 Å². The molecule has 0 aliphatic heterocycles. The van der Waals surface area contributed by atoms with E-state index in [-0.39, 0.29) is 0 Å². The number of thioether (sulfide) groups is 1. The summed E-state index contributed by atoms with van der Waals surface area (Å²) in [7, 11) is 0. The fraction of sp³-hybridized carbons (Fsp3) is 1.00. The molecule has 0 aliphatic carbocycles. The monoisotopic (exact) mass is 233 g/mol. The molecule has 1 N–H and O–H groups in total. The number of hydrogen-bond acceptors (Lipinski definition) is 3. The van der Waals surface area contributed by atoms with Gasteiger partial charge in [0.2, 0.25) is 0 Å². The lowest BCUT2D eigenvalue weighted by Crippen LogP contribution is -2.34. The molecule has 0 saturated carbocycles. The van der Waals surface area contributed by atoms with E-state index in [2.05, 4.69) is 32.6 Å². The van der Waals surface area contributed by atoms with Crippen LogP contribution in [0.3, 0.4) is 0 Å². The van der Waals surface area contributed by atoms with Crippen LogP contribution >= 0.6 is 11.8 Å². The molecule has 0 aromatic carbocycles. The highest BCUT2D eigenvalue weighted by Crippen LogP contribution is 2.21. The second-order valence-corrected chi connectivity index (χ2v) is 5.70. The van der Waals surface area contributed by atoms with Gasteiger partial charge in [-0.25, -0.2) is 0 Å². The third-order valence-electron chi connectivity index (χ3n) is 3.08. The minimum absolute atomic E-state index is 0.332. The first-order valence-electron chi connectivity index (χ1n) is 5.96. The van der Waals surface area contributed by atoms with Crippen LogP contribution in [-0.2, 0) is 0 Å². The fourth-order valence-corrected chi connectivity index (χ4v) is 2.46. The smallest absolute Gasteiger partial charge is 0.0732 e. The Morgan fingerprint density at radius 1 is 1.27 bits per heavy atom. The van der Waals surface area contributed by atoms with Crippen molar-refractivity contribution in [1.29, 1.82) is 0 Å². The van der Waals surface area contributed by atoms with Gasteiger partial charge in [0.25, 0.3) is 0 Å². The van der Waals surface area contributed by atoms with E-state index in [1.165, 1.54) is 0 Å². The molecule has 0 spiro atoms. The van der Waals surface area contributed by atoms with Crippen LogP contribution in [0, 0.1) is 5.92 Å². The molecule has 15 heavy (non-hydrogen) atoms. The van der Waals surface area contributed by atoms with Gasteiger partial charge in [-0.3, -0.25) is 0 Å². The minimum atomic E-state index is -0.520. The summed E-state index contributed by atoms with van der Waals surface area (Å²) in [6.45, 7) is 13.8. The van der Waals surface area contributed by atoms with Crippen LogP contribution in [0.1, 0.15) is 34.6 Å². The van der Waals surface area contributed by atoms with E-state index < -0.39 is 5.60 Å². The van der Waals surface area contributed by atoms with E-state index in [4.69, 9.17) is 0 Å². The van der Waals surface area contributed by atoms with Crippen molar-refractivity contribution in [1.82, 2.24) is 4.90 Å². The number of aliphatic hydroxyl groups is 1. The molecular weight excluding hydrogens is 206 g/mol. The highest BCUT2D eigenvalue weighted by molar-refractivity contribution is 7.99. The summed E-state index contributed by atoms with van der Waals surface area (Å²) in [5, 5.41) is 10.0. The van der Waals surface area contributed by atoms with Gasteiger partial charge in [0, 0.05) is 18.1 Å².